The summed E-state index contributed by atoms with van der Waals surface area (Å²) in [7, 11) is 0. The lowest BCUT2D eigenvalue weighted by molar-refractivity contribution is -0.137. The molecule has 1 aliphatic heterocycles. The Balaban J connectivity index is 1.55. The van der Waals surface area contributed by atoms with Crippen LogP contribution in [-0.2, 0) is 11.0 Å². The van der Waals surface area contributed by atoms with Gasteiger partial charge in [-0.25, -0.2) is 0 Å². The normalized spacial score (nSPS) is 14.4. The van der Waals surface area contributed by atoms with Crippen LogP contribution in [0.2, 0.25) is 0 Å². The van der Waals surface area contributed by atoms with Gasteiger partial charge in [0.1, 0.15) is 10.7 Å². The number of para-hydroxylation sites is 1. The molecule has 1 heterocycles. The van der Waals surface area contributed by atoms with Crippen LogP contribution < -0.4 is 10.1 Å². The van der Waals surface area contributed by atoms with Gasteiger partial charge in [-0.05, 0) is 55.7 Å². The SMILES string of the molecule is O=C(COc1ccc(C(=S)N2CCCCC2)cc1)Nc1ccccc1C(F)(F)F. The largest absolute Gasteiger partial charge is 0.484 e. The van der Waals surface area contributed by atoms with Crippen molar-refractivity contribution < 1.29 is 22.7 Å². The molecule has 1 N–H and O–H groups in total. The third-order valence-electron chi connectivity index (χ3n) is 4.62. The van der Waals surface area contributed by atoms with Crippen LogP contribution in [0.3, 0.4) is 0 Å². The zero-order valence-corrected chi connectivity index (χ0v) is 16.5. The molecule has 0 spiro atoms. The van der Waals surface area contributed by atoms with E-state index in [1.54, 1.807) is 12.1 Å². The highest BCUT2D eigenvalue weighted by Gasteiger charge is 2.33. The molecule has 0 unspecified atom stereocenters. The van der Waals surface area contributed by atoms with Crippen LogP contribution in [-0.4, -0.2) is 35.5 Å². The number of anilines is 1. The van der Waals surface area contributed by atoms with Gasteiger partial charge in [0.2, 0.25) is 0 Å². The Morgan fingerprint density at radius 2 is 1.69 bits per heavy atom. The Morgan fingerprint density at radius 3 is 2.34 bits per heavy atom. The van der Waals surface area contributed by atoms with Gasteiger partial charge in [0, 0.05) is 18.7 Å². The molecule has 0 radical (unpaired) electrons. The molecule has 2 aromatic rings. The number of hydrogen-bond acceptors (Lipinski definition) is 3. The summed E-state index contributed by atoms with van der Waals surface area (Å²) in [5.74, 6) is -0.232. The molecule has 29 heavy (non-hydrogen) atoms. The van der Waals surface area contributed by atoms with Gasteiger partial charge >= 0.3 is 6.18 Å². The summed E-state index contributed by atoms with van der Waals surface area (Å²) in [6.45, 7) is 1.51. The Bertz CT molecular complexity index is 863. The number of nitrogens with one attached hydrogen (secondary N) is 1. The molecule has 1 amide bonds. The van der Waals surface area contributed by atoms with Crippen molar-refractivity contribution in [1.82, 2.24) is 4.90 Å². The number of rotatable bonds is 5. The Labute approximate surface area is 172 Å². The first-order valence-corrected chi connectivity index (χ1v) is 9.73. The standard InChI is InChI=1S/C21H21F3N2O2S/c22-21(23,24)17-6-2-3-7-18(17)25-19(27)14-28-16-10-8-15(9-11-16)20(29)26-12-4-1-5-13-26/h2-3,6-11H,1,4-5,12-14H2,(H,25,27). The summed E-state index contributed by atoms with van der Waals surface area (Å²) < 4.78 is 44.4. The van der Waals surface area contributed by atoms with Gasteiger partial charge in [-0.1, -0.05) is 24.4 Å². The number of amides is 1. The van der Waals surface area contributed by atoms with E-state index in [2.05, 4.69) is 10.2 Å². The van der Waals surface area contributed by atoms with Crippen molar-refractivity contribution in [3.63, 3.8) is 0 Å². The fourth-order valence-electron chi connectivity index (χ4n) is 3.15. The molecule has 0 atom stereocenters. The van der Waals surface area contributed by atoms with Crippen molar-refractivity contribution in [3.8, 4) is 5.75 Å². The van der Waals surface area contributed by atoms with Crippen LogP contribution in [0.15, 0.2) is 48.5 Å². The number of nitrogens with zero attached hydrogens (tertiary/aromatic N) is 1. The first kappa shape index (κ1) is 21.1. The van der Waals surface area contributed by atoms with Gasteiger partial charge < -0.3 is 15.0 Å². The second kappa shape index (κ2) is 9.26. The van der Waals surface area contributed by atoms with Gasteiger partial charge in [0.05, 0.1) is 11.3 Å². The molecule has 1 saturated heterocycles. The summed E-state index contributed by atoms with van der Waals surface area (Å²) in [4.78, 5) is 15.0. The minimum atomic E-state index is -4.55. The Hall–Kier alpha value is -2.61. The number of carbonyl (C=O) groups is 1. The van der Waals surface area contributed by atoms with E-state index in [0.29, 0.717) is 5.75 Å². The Morgan fingerprint density at radius 1 is 1.03 bits per heavy atom. The van der Waals surface area contributed by atoms with Crippen LogP contribution in [0.25, 0.3) is 0 Å². The van der Waals surface area contributed by atoms with Crippen LogP contribution in [0.1, 0.15) is 30.4 Å². The van der Waals surface area contributed by atoms with Crippen molar-refractivity contribution in [2.45, 2.75) is 25.4 Å². The lowest BCUT2D eigenvalue weighted by Gasteiger charge is -2.29. The van der Waals surface area contributed by atoms with Crippen molar-refractivity contribution >= 4 is 28.8 Å². The summed E-state index contributed by atoms with van der Waals surface area (Å²) >= 11 is 5.53. The number of thiocarbonyl (C=S) groups is 1. The molecule has 0 aromatic heterocycles. The number of piperidine rings is 1. The van der Waals surface area contributed by atoms with E-state index >= 15 is 0 Å². The zero-order chi connectivity index (χ0) is 20.9. The predicted octanol–water partition coefficient (Wildman–Crippen LogP) is 4.88. The molecule has 1 aliphatic rings. The number of halogens is 3. The highest BCUT2D eigenvalue weighted by atomic mass is 32.1. The number of alkyl halides is 3. The summed E-state index contributed by atoms with van der Waals surface area (Å²) in [6.07, 6.45) is -1.06. The van der Waals surface area contributed by atoms with E-state index in [4.69, 9.17) is 17.0 Å². The van der Waals surface area contributed by atoms with E-state index < -0.39 is 24.3 Å². The molecule has 0 bridgehead atoms. The van der Waals surface area contributed by atoms with E-state index in [-0.39, 0.29) is 5.69 Å². The summed E-state index contributed by atoms with van der Waals surface area (Å²) in [6, 6.07) is 11.9. The van der Waals surface area contributed by atoms with Crippen molar-refractivity contribution in [2.75, 3.05) is 25.0 Å². The molecule has 1 fully saturated rings. The minimum Gasteiger partial charge on any atom is -0.484 e. The van der Waals surface area contributed by atoms with E-state index in [1.807, 2.05) is 12.1 Å². The number of likely N-dealkylation sites (tertiary alicyclic amines) is 1. The molecule has 3 rings (SSSR count). The average molecular weight is 422 g/mol. The zero-order valence-electron chi connectivity index (χ0n) is 15.7. The monoisotopic (exact) mass is 422 g/mol. The third-order valence-corrected chi connectivity index (χ3v) is 5.11. The predicted molar refractivity (Wildman–Crippen MR) is 109 cm³/mol. The maximum absolute atomic E-state index is 13.0. The fourth-order valence-corrected chi connectivity index (χ4v) is 3.47. The van der Waals surface area contributed by atoms with Gasteiger partial charge in [0.25, 0.3) is 5.91 Å². The topological polar surface area (TPSA) is 41.6 Å². The van der Waals surface area contributed by atoms with Crippen LogP contribution in [0, 0.1) is 0 Å². The fraction of sp³-hybridized carbons (Fsp3) is 0.333. The number of ether oxygens (including phenoxy) is 1. The molecular weight excluding hydrogens is 401 g/mol. The molecule has 0 saturated carbocycles. The van der Waals surface area contributed by atoms with Gasteiger partial charge in [0.15, 0.2) is 6.61 Å². The van der Waals surface area contributed by atoms with E-state index in [9.17, 15) is 18.0 Å². The van der Waals surface area contributed by atoms with Crippen molar-refractivity contribution in [2.24, 2.45) is 0 Å². The molecule has 154 valence electrons. The molecule has 8 heteroatoms. The maximum Gasteiger partial charge on any atom is 0.418 e. The molecular formula is C21H21F3N2O2S. The first-order chi connectivity index (χ1) is 13.8. The minimum absolute atomic E-state index is 0.296. The highest BCUT2D eigenvalue weighted by Crippen LogP contribution is 2.34. The Kier molecular flexibility index (Phi) is 6.74. The van der Waals surface area contributed by atoms with Crippen molar-refractivity contribution in [1.29, 1.82) is 0 Å². The van der Waals surface area contributed by atoms with Gasteiger partial charge in [-0.3, -0.25) is 4.79 Å². The van der Waals surface area contributed by atoms with Crippen LogP contribution in [0.4, 0.5) is 18.9 Å². The van der Waals surface area contributed by atoms with Crippen LogP contribution in [0.5, 0.6) is 5.75 Å². The third kappa shape index (κ3) is 5.69. The van der Waals surface area contributed by atoms with E-state index in [0.717, 1.165) is 42.5 Å². The quantitative estimate of drug-likeness (QED) is 0.697. The smallest absolute Gasteiger partial charge is 0.418 e. The van der Waals surface area contributed by atoms with Gasteiger partial charge in [-0.15, -0.1) is 0 Å². The summed E-state index contributed by atoms with van der Waals surface area (Å²) in [5.41, 5.74) is -0.294. The summed E-state index contributed by atoms with van der Waals surface area (Å²) in [5, 5.41) is 2.25. The molecule has 0 aliphatic carbocycles. The maximum atomic E-state index is 13.0. The average Bonchev–Trinajstić information content (AvgIpc) is 2.72. The second-order valence-corrected chi connectivity index (χ2v) is 7.14. The number of benzene rings is 2. The highest BCUT2D eigenvalue weighted by molar-refractivity contribution is 7.80. The van der Waals surface area contributed by atoms with Crippen LogP contribution >= 0.6 is 12.2 Å². The lowest BCUT2D eigenvalue weighted by Crippen LogP contribution is -2.34. The first-order valence-electron chi connectivity index (χ1n) is 9.33. The van der Waals surface area contributed by atoms with E-state index in [1.165, 1.54) is 24.6 Å². The van der Waals surface area contributed by atoms with Crippen molar-refractivity contribution in [3.05, 3.63) is 59.7 Å². The number of hydrogen-bond donors (Lipinski definition) is 1. The molecule has 2 aromatic carbocycles. The van der Waals surface area contributed by atoms with Gasteiger partial charge in [-0.2, -0.15) is 13.2 Å². The second-order valence-electron chi connectivity index (χ2n) is 6.76. The lowest BCUT2D eigenvalue weighted by atomic mass is 10.1. The molecule has 4 nitrogen and oxygen atoms in total. The number of carbonyl (C=O) groups excluding carboxylic acids is 1.